The molecule has 0 radical (unpaired) electrons. The first kappa shape index (κ1) is 19.1. The normalized spacial score (nSPS) is 11.6. The number of fused-ring (bicyclic) bond motifs is 1. The Hall–Kier alpha value is -3.27. The molecule has 1 aromatic carbocycles. The van der Waals surface area contributed by atoms with E-state index >= 15 is 0 Å². The summed E-state index contributed by atoms with van der Waals surface area (Å²) in [5.41, 5.74) is -0.675. The van der Waals surface area contributed by atoms with Crippen molar-refractivity contribution in [2.45, 2.75) is 6.18 Å². The molecule has 4 rings (SSSR count). The molecule has 0 saturated carbocycles. The van der Waals surface area contributed by atoms with E-state index in [0.29, 0.717) is 10.1 Å². The van der Waals surface area contributed by atoms with Crippen LogP contribution in [0.4, 0.5) is 19.0 Å². The van der Waals surface area contributed by atoms with Gasteiger partial charge >= 0.3 is 6.18 Å². The molecule has 0 unspecified atom stereocenters. The van der Waals surface area contributed by atoms with Crippen LogP contribution in [0.5, 0.6) is 0 Å². The Morgan fingerprint density at radius 1 is 1.07 bits per heavy atom. The zero-order chi connectivity index (χ0) is 20.6. The van der Waals surface area contributed by atoms with Crippen LogP contribution in [0.1, 0.15) is 16.2 Å². The lowest BCUT2D eigenvalue weighted by atomic mass is 10.1. The molecule has 6 nitrogen and oxygen atoms in total. The number of amides is 1. The predicted octanol–water partition coefficient (Wildman–Crippen LogP) is 4.82. The van der Waals surface area contributed by atoms with Crippen molar-refractivity contribution in [3.05, 3.63) is 76.7 Å². The number of carbonyl (C=O) groups is 1. The van der Waals surface area contributed by atoms with Crippen LogP contribution in [0, 0.1) is 0 Å². The number of rotatable bonds is 3. The minimum Gasteiger partial charge on any atom is -0.305 e. The van der Waals surface area contributed by atoms with E-state index in [4.69, 9.17) is 0 Å². The fraction of sp³-hybridized carbons (Fsp3) is 0.0526. The van der Waals surface area contributed by atoms with Crippen molar-refractivity contribution in [3.63, 3.8) is 0 Å². The molecule has 0 fully saturated rings. The summed E-state index contributed by atoms with van der Waals surface area (Å²) < 4.78 is 42.2. The molecule has 0 saturated heterocycles. The highest BCUT2D eigenvalue weighted by Crippen LogP contribution is 2.32. The third-order valence-corrected chi connectivity index (χ3v) is 4.46. The minimum atomic E-state index is -4.68. The molecule has 10 heteroatoms. The van der Waals surface area contributed by atoms with Crippen LogP contribution in [-0.4, -0.2) is 25.5 Å². The fourth-order valence-corrected chi connectivity index (χ4v) is 2.91. The molecule has 3 aromatic heterocycles. The molecule has 3 heterocycles. The van der Waals surface area contributed by atoms with E-state index in [1.54, 1.807) is 42.5 Å². The van der Waals surface area contributed by atoms with Gasteiger partial charge in [-0.15, -0.1) is 0 Å². The molecule has 1 N–H and O–H groups in total. The van der Waals surface area contributed by atoms with Crippen molar-refractivity contribution in [1.29, 1.82) is 0 Å². The second-order valence-corrected chi connectivity index (χ2v) is 6.92. The topological polar surface area (TPSA) is 72.2 Å². The van der Waals surface area contributed by atoms with Gasteiger partial charge in [0.15, 0.2) is 17.0 Å². The molecule has 0 spiro atoms. The molecular formula is C19H11BrF3N5O. The van der Waals surface area contributed by atoms with Crippen molar-refractivity contribution < 1.29 is 18.0 Å². The first-order valence-electron chi connectivity index (χ1n) is 8.27. The lowest BCUT2D eigenvalue weighted by Crippen LogP contribution is -2.16. The van der Waals surface area contributed by atoms with Crippen molar-refractivity contribution in [2.24, 2.45) is 0 Å². The second kappa shape index (κ2) is 7.28. The summed E-state index contributed by atoms with van der Waals surface area (Å²) >= 11 is 3.23. The number of alkyl halides is 3. The van der Waals surface area contributed by atoms with Crippen LogP contribution in [0.2, 0.25) is 0 Å². The first-order valence-corrected chi connectivity index (χ1v) is 9.07. The molecule has 0 aliphatic heterocycles. The molecule has 0 aliphatic carbocycles. The van der Waals surface area contributed by atoms with Crippen LogP contribution in [0.15, 0.2) is 65.3 Å². The highest BCUT2D eigenvalue weighted by Gasteiger charge is 2.35. The van der Waals surface area contributed by atoms with Crippen molar-refractivity contribution in [2.75, 3.05) is 5.32 Å². The maximum absolute atomic E-state index is 13.6. The molecule has 29 heavy (non-hydrogen) atoms. The van der Waals surface area contributed by atoms with Gasteiger partial charge in [0.05, 0.1) is 5.69 Å². The predicted molar refractivity (Wildman–Crippen MR) is 103 cm³/mol. The minimum absolute atomic E-state index is 0.0902. The summed E-state index contributed by atoms with van der Waals surface area (Å²) in [6, 6.07) is 13.8. The number of nitrogens with one attached hydrogen (secondary N) is 1. The SMILES string of the molecule is O=C(Nc1ccc(Br)cn1)c1cc2nc(-c3ccccc3)cc(C(F)(F)F)n2n1. The Bertz CT molecular complexity index is 1190. The Morgan fingerprint density at radius 3 is 2.48 bits per heavy atom. The van der Waals surface area contributed by atoms with Crippen molar-refractivity contribution >= 4 is 33.3 Å². The summed E-state index contributed by atoms with van der Waals surface area (Å²) in [6.07, 6.45) is -3.20. The second-order valence-electron chi connectivity index (χ2n) is 6.01. The highest BCUT2D eigenvalue weighted by atomic mass is 79.9. The highest BCUT2D eigenvalue weighted by molar-refractivity contribution is 9.10. The monoisotopic (exact) mass is 461 g/mol. The van der Waals surface area contributed by atoms with E-state index in [1.807, 2.05) is 0 Å². The van der Waals surface area contributed by atoms with E-state index in [2.05, 4.69) is 36.3 Å². The Balaban J connectivity index is 1.77. The molecule has 146 valence electrons. The number of aromatic nitrogens is 4. The van der Waals surface area contributed by atoms with Crippen molar-refractivity contribution in [1.82, 2.24) is 19.6 Å². The molecular weight excluding hydrogens is 451 g/mol. The number of hydrogen-bond acceptors (Lipinski definition) is 4. The van der Waals surface area contributed by atoms with Crippen LogP contribution < -0.4 is 5.32 Å². The standard InChI is InChI=1S/C19H11BrF3N5O/c20-12-6-7-16(24-10-12)26-18(29)14-9-17-25-13(11-4-2-1-3-5-11)8-15(19(21,22)23)28(17)27-14/h1-10H,(H,24,26,29). The third kappa shape index (κ3) is 3.97. The molecule has 0 bridgehead atoms. The molecule has 4 aromatic rings. The smallest absolute Gasteiger partial charge is 0.305 e. The Morgan fingerprint density at radius 2 is 1.83 bits per heavy atom. The average molecular weight is 462 g/mol. The molecule has 0 atom stereocenters. The number of carbonyl (C=O) groups excluding carboxylic acids is 1. The van der Waals surface area contributed by atoms with Gasteiger partial charge in [0, 0.05) is 22.3 Å². The van der Waals surface area contributed by atoms with Crippen LogP contribution >= 0.6 is 15.9 Å². The number of pyridine rings is 1. The largest absolute Gasteiger partial charge is 0.433 e. The van der Waals surface area contributed by atoms with E-state index in [0.717, 1.165) is 10.5 Å². The summed E-state index contributed by atoms with van der Waals surface area (Å²) in [7, 11) is 0. The Labute approximate surface area is 170 Å². The molecule has 0 aliphatic rings. The third-order valence-electron chi connectivity index (χ3n) is 3.99. The Kier molecular flexibility index (Phi) is 4.79. The zero-order valence-electron chi connectivity index (χ0n) is 14.5. The van der Waals surface area contributed by atoms with Crippen molar-refractivity contribution in [3.8, 4) is 11.3 Å². The zero-order valence-corrected chi connectivity index (χ0v) is 16.1. The van der Waals surface area contributed by atoms with Gasteiger partial charge in [0.25, 0.3) is 5.91 Å². The van der Waals surface area contributed by atoms with Gasteiger partial charge in [0.1, 0.15) is 5.82 Å². The summed E-state index contributed by atoms with van der Waals surface area (Å²) in [5.74, 6) is -0.455. The summed E-state index contributed by atoms with van der Waals surface area (Å²) in [5, 5.41) is 6.31. The first-order chi connectivity index (χ1) is 13.8. The maximum atomic E-state index is 13.6. The number of anilines is 1. The number of hydrogen-bond donors (Lipinski definition) is 1. The van der Waals surface area contributed by atoms with Gasteiger partial charge in [0.2, 0.25) is 0 Å². The van der Waals surface area contributed by atoms with Gasteiger partial charge in [-0.1, -0.05) is 30.3 Å². The maximum Gasteiger partial charge on any atom is 0.433 e. The summed E-state index contributed by atoms with van der Waals surface area (Å²) in [6.45, 7) is 0. The summed E-state index contributed by atoms with van der Waals surface area (Å²) in [4.78, 5) is 20.7. The van der Waals surface area contributed by atoms with Gasteiger partial charge < -0.3 is 5.32 Å². The van der Waals surface area contributed by atoms with E-state index in [-0.39, 0.29) is 22.9 Å². The number of nitrogens with zero attached hydrogens (tertiary/aromatic N) is 4. The van der Waals surface area contributed by atoms with E-state index in [9.17, 15) is 18.0 Å². The van der Waals surface area contributed by atoms with Crippen LogP contribution in [-0.2, 0) is 6.18 Å². The van der Waals surface area contributed by atoms with E-state index < -0.39 is 17.8 Å². The lowest BCUT2D eigenvalue weighted by molar-refractivity contribution is -0.142. The average Bonchev–Trinajstić information content (AvgIpc) is 3.13. The van der Waals surface area contributed by atoms with Gasteiger partial charge in [-0.25, -0.2) is 14.5 Å². The van der Waals surface area contributed by atoms with Gasteiger partial charge in [-0.3, -0.25) is 4.79 Å². The van der Waals surface area contributed by atoms with E-state index in [1.165, 1.54) is 12.3 Å². The quantitative estimate of drug-likeness (QED) is 0.474. The lowest BCUT2D eigenvalue weighted by Gasteiger charge is -2.10. The molecule has 1 amide bonds. The number of halogens is 4. The van der Waals surface area contributed by atoms with Gasteiger partial charge in [-0.05, 0) is 34.1 Å². The fourth-order valence-electron chi connectivity index (χ4n) is 2.67. The number of benzene rings is 1. The van der Waals surface area contributed by atoms with Crippen LogP contribution in [0.3, 0.4) is 0 Å². The van der Waals surface area contributed by atoms with Crippen LogP contribution in [0.25, 0.3) is 16.9 Å². The van der Waals surface area contributed by atoms with Gasteiger partial charge in [-0.2, -0.15) is 18.3 Å².